The lowest BCUT2D eigenvalue weighted by Crippen LogP contribution is -1.94. The van der Waals surface area contributed by atoms with Crippen LogP contribution >= 0.6 is 31.9 Å². The highest BCUT2D eigenvalue weighted by atomic mass is 79.9. The summed E-state index contributed by atoms with van der Waals surface area (Å²) < 4.78 is 7.66. The lowest BCUT2D eigenvalue weighted by molar-refractivity contribution is 0.481. The van der Waals surface area contributed by atoms with Crippen LogP contribution in [0.15, 0.2) is 45.3 Å². The van der Waals surface area contributed by atoms with Crippen LogP contribution in [-0.2, 0) is 0 Å². The van der Waals surface area contributed by atoms with Crippen LogP contribution in [0.1, 0.15) is 5.56 Å². The zero-order valence-corrected chi connectivity index (χ0v) is 12.4. The first-order valence-corrected chi connectivity index (χ1v) is 6.64. The lowest BCUT2D eigenvalue weighted by Gasteiger charge is -2.11. The summed E-state index contributed by atoms with van der Waals surface area (Å²) in [6.45, 7) is 1.96. The summed E-state index contributed by atoms with van der Waals surface area (Å²) in [5.74, 6) is 1.42. The maximum atomic E-state index is 5.96. The van der Waals surface area contributed by atoms with Gasteiger partial charge in [-0.3, -0.25) is 0 Å². The summed E-state index contributed by atoms with van der Waals surface area (Å²) in [5.41, 5.74) is 7.64. The molecule has 0 aliphatic carbocycles. The summed E-state index contributed by atoms with van der Waals surface area (Å²) in [4.78, 5) is 0. The quantitative estimate of drug-likeness (QED) is 0.777. The third kappa shape index (κ3) is 2.82. The Bertz CT molecular complexity index is 555. The summed E-state index contributed by atoms with van der Waals surface area (Å²) in [7, 11) is 0. The van der Waals surface area contributed by atoms with Crippen LogP contribution in [0.4, 0.5) is 5.69 Å². The fourth-order valence-corrected chi connectivity index (χ4v) is 2.55. The van der Waals surface area contributed by atoms with E-state index in [4.69, 9.17) is 10.5 Å². The Balaban J connectivity index is 2.35. The topological polar surface area (TPSA) is 35.2 Å². The second-order valence-electron chi connectivity index (χ2n) is 3.66. The number of benzene rings is 2. The number of nitrogens with two attached hydrogens (primary N) is 1. The van der Waals surface area contributed by atoms with Gasteiger partial charge in [0.2, 0.25) is 0 Å². The van der Waals surface area contributed by atoms with Gasteiger partial charge in [0.25, 0.3) is 0 Å². The Morgan fingerprint density at radius 3 is 2.53 bits per heavy atom. The SMILES string of the molecule is Cc1cccc(Oc2ccc(Br)cc2Br)c1N. The van der Waals surface area contributed by atoms with Gasteiger partial charge in [-0.1, -0.05) is 28.1 Å². The summed E-state index contributed by atoms with van der Waals surface area (Å²) in [5, 5.41) is 0. The number of halogens is 2. The van der Waals surface area contributed by atoms with Crippen molar-refractivity contribution in [2.24, 2.45) is 0 Å². The lowest BCUT2D eigenvalue weighted by atomic mass is 10.2. The summed E-state index contributed by atoms with van der Waals surface area (Å²) in [6.07, 6.45) is 0. The number of ether oxygens (including phenoxy) is 1. The van der Waals surface area contributed by atoms with Gasteiger partial charge in [0.15, 0.2) is 5.75 Å². The van der Waals surface area contributed by atoms with E-state index in [-0.39, 0.29) is 0 Å². The van der Waals surface area contributed by atoms with E-state index >= 15 is 0 Å². The smallest absolute Gasteiger partial charge is 0.150 e. The van der Waals surface area contributed by atoms with E-state index in [1.807, 2.05) is 43.3 Å². The maximum absolute atomic E-state index is 5.96. The molecule has 0 aliphatic rings. The molecule has 2 aromatic carbocycles. The van der Waals surface area contributed by atoms with Crippen molar-refractivity contribution in [3.05, 3.63) is 50.9 Å². The molecule has 0 amide bonds. The number of nitrogen functional groups attached to an aromatic ring is 1. The van der Waals surface area contributed by atoms with Crippen molar-refractivity contribution in [1.82, 2.24) is 0 Å². The third-order valence-electron chi connectivity index (χ3n) is 2.40. The van der Waals surface area contributed by atoms with Gasteiger partial charge in [0.1, 0.15) is 5.75 Å². The second-order valence-corrected chi connectivity index (χ2v) is 5.43. The van der Waals surface area contributed by atoms with Crippen molar-refractivity contribution in [3.8, 4) is 11.5 Å². The number of hydrogen-bond donors (Lipinski definition) is 1. The molecule has 0 saturated carbocycles. The number of para-hydroxylation sites is 1. The van der Waals surface area contributed by atoms with Crippen molar-refractivity contribution in [2.45, 2.75) is 6.92 Å². The number of hydrogen-bond acceptors (Lipinski definition) is 2. The minimum absolute atomic E-state index is 0.669. The Kier molecular flexibility index (Phi) is 3.74. The molecule has 0 bridgehead atoms. The molecule has 2 aromatic rings. The first-order chi connectivity index (χ1) is 8.08. The van der Waals surface area contributed by atoms with Crippen molar-refractivity contribution in [1.29, 1.82) is 0 Å². The first-order valence-electron chi connectivity index (χ1n) is 5.06. The highest BCUT2D eigenvalue weighted by Gasteiger charge is 2.07. The Labute approximate surface area is 117 Å². The van der Waals surface area contributed by atoms with Crippen LogP contribution < -0.4 is 10.5 Å². The first kappa shape index (κ1) is 12.5. The Morgan fingerprint density at radius 2 is 1.82 bits per heavy atom. The van der Waals surface area contributed by atoms with E-state index in [0.29, 0.717) is 11.4 Å². The minimum Gasteiger partial charge on any atom is -0.454 e. The van der Waals surface area contributed by atoms with Crippen molar-refractivity contribution in [3.63, 3.8) is 0 Å². The molecular weight excluding hydrogens is 346 g/mol. The predicted molar refractivity (Wildman–Crippen MR) is 77.5 cm³/mol. The van der Waals surface area contributed by atoms with Gasteiger partial charge in [-0.05, 0) is 52.7 Å². The molecule has 2 N–H and O–H groups in total. The van der Waals surface area contributed by atoms with E-state index < -0.39 is 0 Å². The van der Waals surface area contributed by atoms with Gasteiger partial charge in [0, 0.05) is 4.47 Å². The molecule has 0 heterocycles. The Hall–Kier alpha value is -1.00. The minimum atomic E-state index is 0.669. The predicted octanol–water partition coefficient (Wildman–Crippen LogP) is 4.89. The van der Waals surface area contributed by atoms with Crippen LogP contribution in [0.5, 0.6) is 11.5 Å². The molecule has 4 heteroatoms. The molecule has 0 aromatic heterocycles. The monoisotopic (exact) mass is 355 g/mol. The van der Waals surface area contributed by atoms with E-state index in [1.165, 1.54) is 0 Å². The number of anilines is 1. The average molecular weight is 357 g/mol. The fourth-order valence-electron chi connectivity index (χ4n) is 1.42. The van der Waals surface area contributed by atoms with Gasteiger partial charge in [-0.25, -0.2) is 0 Å². The van der Waals surface area contributed by atoms with Crippen LogP contribution in [0.2, 0.25) is 0 Å². The van der Waals surface area contributed by atoms with Crippen molar-refractivity contribution < 1.29 is 4.74 Å². The molecule has 0 radical (unpaired) electrons. The standard InChI is InChI=1S/C13H11Br2NO/c1-8-3-2-4-12(13(8)16)17-11-6-5-9(14)7-10(11)15/h2-7H,16H2,1H3. The highest BCUT2D eigenvalue weighted by molar-refractivity contribution is 9.11. The third-order valence-corrected chi connectivity index (χ3v) is 3.51. The Morgan fingerprint density at radius 1 is 1.06 bits per heavy atom. The molecule has 17 heavy (non-hydrogen) atoms. The zero-order valence-electron chi connectivity index (χ0n) is 9.21. The van der Waals surface area contributed by atoms with Crippen molar-refractivity contribution >= 4 is 37.5 Å². The molecule has 0 saturated heterocycles. The summed E-state index contributed by atoms with van der Waals surface area (Å²) in [6, 6.07) is 11.5. The maximum Gasteiger partial charge on any atom is 0.150 e. The number of rotatable bonds is 2. The van der Waals surface area contributed by atoms with Crippen molar-refractivity contribution in [2.75, 3.05) is 5.73 Å². The van der Waals surface area contributed by atoms with Crippen LogP contribution in [0.25, 0.3) is 0 Å². The van der Waals surface area contributed by atoms with Gasteiger partial charge >= 0.3 is 0 Å². The van der Waals surface area contributed by atoms with E-state index in [0.717, 1.165) is 20.3 Å². The van der Waals surface area contributed by atoms with Gasteiger partial charge in [0.05, 0.1) is 10.2 Å². The summed E-state index contributed by atoms with van der Waals surface area (Å²) >= 11 is 6.85. The van der Waals surface area contributed by atoms with E-state index in [1.54, 1.807) is 0 Å². The molecule has 0 spiro atoms. The average Bonchev–Trinajstić information content (AvgIpc) is 2.28. The normalized spacial score (nSPS) is 10.3. The highest BCUT2D eigenvalue weighted by Crippen LogP contribution is 2.35. The molecule has 0 fully saturated rings. The van der Waals surface area contributed by atoms with Crippen LogP contribution in [0.3, 0.4) is 0 Å². The molecule has 2 rings (SSSR count). The van der Waals surface area contributed by atoms with Gasteiger partial charge < -0.3 is 10.5 Å². The number of aryl methyl sites for hydroxylation is 1. The van der Waals surface area contributed by atoms with E-state index in [9.17, 15) is 0 Å². The largest absolute Gasteiger partial charge is 0.454 e. The zero-order chi connectivity index (χ0) is 12.4. The molecular formula is C13H11Br2NO. The molecule has 0 atom stereocenters. The van der Waals surface area contributed by atoms with Gasteiger partial charge in [-0.2, -0.15) is 0 Å². The molecule has 2 nitrogen and oxygen atoms in total. The molecule has 0 aliphatic heterocycles. The van der Waals surface area contributed by atoms with Crippen LogP contribution in [-0.4, -0.2) is 0 Å². The fraction of sp³-hybridized carbons (Fsp3) is 0.0769. The molecule has 88 valence electrons. The van der Waals surface area contributed by atoms with E-state index in [2.05, 4.69) is 31.9 Å². The van der Waals surface area contributed by atoms with Gasteiger partial charge in [-0.15, -0.1) is 0 Å². The molecule has 0 unspecified atom stereocenters. The second kappa shape index (κ2) is 5.10. The van der Waals surface area contributed by atoms with Crippen LogP contribution in [0, 0.1) is 6.92 Å².